The molecule has 2 aromatic carbocycles. The van der Waals surface area contributed by atoms with E-state index in [2.05, 4.69) is 78.5 Å². The summed E-state index contributed by atoms with van der Waals surface area (Å²) in [6, 6.07) is 18.8. The third-order valence-electron chi connectivity index (χ3n) is 4.65. The molecule has 2 aromatic heterocycles. The molecule has 0 radical (unpaired) electrons. The van der Waals surface area contributed by atoms with E-state index in [1.807, 2.05) is 18.3 Å². The molecule has 0 saturated carbocycles. The van der Waals surface area contributed by atoms with Gasteiger partial charge in [0.1, 0.15) is 5.03 Å². The van der Waals surface area contributed by atoms with Gasteiger partial charge >= 0.3 is 0 Å². The fourth-order valence-electron chi connectivity index (χ4n) is 3.24. The molecule has 1 N–H and O–H groups in total. The molecule has 0 atom stereocenters. The number of hydrogen-bond donors (Lipinski definition) is 1. The van der Waals surface area contributed by atoms with Gasteiger partial charge in [0.15, 0.2) is 5.13 Å². The third kappa shape index (κ3) is 4.55. The molecule has 1 amide bonds. The summed E-state index contributed by atoms with van der Waals surface area (Å²) < 4.78 is 1.04. The van der Waals surface area contributed by atoms with Crippen LogP contribution in [0.3, 0.4) is 0 Å². The van der Waals surface area contributed by atoms with Crippen molar-refractivity contribution in [3.05, 3.63) is 66.4 Å². The van der Waals surface area contributed by atoms with Crippen LogP contribution in [0, 0.1) is 0 Å². The van der Waals surface area contributed by atoms with Gasteiger partial charge in [-0.2, -0.15) is 0 Å². The molecule has 152 valence electrons. The number of thiazole rings is 1. The number of carbonyl (C=O) groups is 1. The fraction of sp³-hybridized carbons (Fsp3) is 0.208. The molecule has 0 bridgehead atoms. The molecule has 4 rings (SSSR count). The van der Waals surface area contributed by atoms with Gasteiger partial charge in [-0.1, -0.05) is 68.1 Å². The highest BCUT2D eigenvalue weighted by Gasteiger charge is 2.18. The molecule has 30 heavy (non-hydrogen) atoms. The molecule has 4 aromatic rings. The molecule has 0 aliphatic heterocycles. The third-order valence-corrected chi connectivity index (χ3v) is 6.59. The smallest absolute Gasteiger partial charge is 0.223 e. The van der Waals surface area contributed by atoms with E-state index in [1.54, 1.807) is 11.8 Å². The largest absolute Gasteiger partial charge is 0.302 e. The average Bonchev–Trinajstić information content (AvgIpc) is 3.08. The van der Waals surface area contributed by atoms with Crippen LogP contribution >= 0.6 is 23.1 Å². The molecule has 4 nitrogen and oxygen atoms in total. The summed E-state index contributed by atoms with van der Waals surface area (Å²) in [7, 11) is 0. The Morgan fingerprint density at radius 2 is 1.80 bits per heavy atom. The summed E-state index contributed by atoms with van der Waals surface area (Å²) in [5, 5.41) is 4.35. The SMILES string of the molecule is CC(=O)Nc1nc2ccc(-c3ccnc(Sc4ccccc4C(C)(C)C)c3)cc2s1. The van der Waals surface area contributed by atoms with Gasteiger partial charge in [0, 0.05) is 18.0 Å². The van der Waals surface area contributed by atoms with Crippen molar-refractivity contribution in [1.82, 2.24) is 9.97 Å². The van der Waals surface area contributed by atoms with Gasteiger partial charge in [0.2, 0.25) is 5.91 Å². The number of amides is 1. The Morgan fingerprint density at radius 3 is 2.57 bits per heavy atom. The first-order valence-corrected chi connectivity index (χ1v) is 11.3. The Balaban J connectivity index is 1.65. The highest BCUT2D eigenvalue weighted by atomic mass is 32.2. The van der Waals surface area contributed by atoms with Crippen LogP contribution in [0.4, 0.5) is 5.13 Å². The molecular weight excluding hydrogens is 410 g/mol. The summed E-state index contributed by atoms with van der Waals surface area (Å²) in [6.07, 6.45) is 1.86. The predicted octanol–water partition coefficient (Wildman–Crippen LogP) is 6.77. The van der Waals surface area contributed by atoms with Crippen LogP contribution in [0.15, 0.2) is 70.7 Å². The summed E-state index contributed by atoms with van der Waals surface area (Å²) >= 11 is 3.18. The quantitative estimate of drug-likeness (QED) is 0.386. The van der Waals surface area contributed by atoms with Gasteiger partial charge < -0.3 is 5.32 Å². The maximum Gasteiger partial charge on any atom is 0.223 e. The van der Waals surface area contributed by atoms with Gasteiger partial charge in [-0.3, -0.25) is 4.79 Å². The lowest BCUT2D eigenvalue weighted by molar-refractivity contribution is -0.114. The molecule has 2 heterocycles. The lowest BCUT2D eigenvalue weighted by Crippen LogP contribution is -2.12. The minimum Gasteiger partial charge on any atom is -0.302 e. The number of anilines is 1. The van der Waals surface area contributed by atoms with Crippen LogP contribution in [0.25, 0.3) is 21.3 Å². The summed E-state index contributed by atoms with van der Waals surface area (Å²) in [5.41, 5.74) is 4.49. The second-order valence-corrected chi connectivity index (χ2v) is 10.2. The highest BCUT2D eigenvalue weighted by molar-refractivity contribution is 7.99. The first kappa shape index (κ1) is 20.6. The monoisotopic (exact) mass is 433 g/mol. The number of rotatable bonds is 4. The second-order valence-electron chi connectivity index (χ2n) is 8.11. The lowest BCUT2D eigenvalue weighted by atomic mass is 9.87. The van der Waals surface area contributed by atoms with Gasteiger partial charge in [0.25, 0.3) is 0 Å². The van der Waals surface area contributed by atoms with Crippen molar-refractivity contribution in [2.24, 2.45) is 0 Å². The van der Waals surface area contributed by atoms with Gasteiger partial charge in [0.05, 0.1) is 10.2 Å². The van der Waals surface area contributed by atoms with Crippen molar-refractivity contribution in [1.29, 1.82) is 0 Å². The van der Waals surface area contributed by atoms with E-state index in [9.17, 15) is 4.79 Å². The zero-order chi connectivity index (χ0) is 21.3. The van der Waals surface area contributed by atoms with Crippen molar-refractivity contribution in [2.45, 2.75) is 43.0 Å². The van der Waals surface area contributed by atoms with Crippen LogP contribution in [0.1, 0.15) is 33.3 Å². The van der Waals surface area contributed by atoms with Crippen LogP contribution < -0.4 is 5.32 Å². The maximum absolute atomic E-state index is 11.3. The Labute approximate surface area is 184 Å². The van der Waals surface area contributed by atoms with Crippen LogP contribution in [0.5, 0.6) is 0 Å². The van der Waals surface area contributed by atoms with Crippen molar-refractivity contribution < 1.29 is 4.79 Å². The van der Waals surface area contributed by atoms with Gasteiger partial charge in [-0.25, -0.2) is 9.97 Å². The predicted molar refractivity (Wildman–Crippen MR) is 126 cm³/mol. The van der Waals surface area contributed by atoms with E-state index in [4.69, 9.17) is 0 Å². The normalized spacial score (nSPS) is 11.6. The summed E-state index contributed by atoms with van der Waals surface area (Å²) in [6.45, 7) is 8.19. The number of aromatic nitrogens is 2. The zero-order valence-electron chi connectivity index (χ0n) is 17.4. The number of nitrogens with one attached hydrogen (secondary N) is 1. The van der Waals surface area contributed by atoms with E-state index < -0.39 is 0 Å². The van der Waals surface area contributed by atoms with Crippen LogP contribution in [-0.4, -0.2) is 15.9 Å². The average molecular weight is 434 g/mol. The van der Waals surface area contributed by atoms with Crippen molar-refractivity contribution in [2.75, 3.05) is 5.32 Å². The molecule has 0 fully saturated rings. The maximum atomic E-state index is 11.3. The van der Waals surface area contributed by atoms with Gasteiger partial charge in [-0.05, 0) is 52.4 Å². The Hall–Kier alpha value is -2.70. The standard InChI is InChI=1S/C24H23N3OS2/c1-15(28)26-23-27-19-10-9-16(13-21(19)30-23)17-11-12-25-22(14-17)29-20-8-6-5-7-18(20)24(2,3)4/h5-14H,1-4H3,(H,26,27,28). The molecular formula is C24H23N3OS2. The van der Waals surface area contributed by atoms with Crippen molar-refractivity contribution in [3.8, 4) is 11.1 Å². The number of benzene rings is 2. The molecule has 0 saturated heterocycles. The Morgan fingerprint density at radius 1 is 1.03 bits per heavy atom. The highest BCUT2D eigenvalue weighted by Crippen LogP contribution is 2.37. The van der Waals surface area contributed by atoms with Gasteiger partial charge in [-0.15, -0.1) is 0 Å². The Bertz CT molecular complexity index is 1220. The minimum absolute atomic E-state index is 0.0734. The topological polar surface area (TPSA) is 54.9 Å². The van der Waals surface area contributed by atoms with E-state index in [1.165, 1.54) is 28.7 Å². The molecule has 0 aliphatic rings. The molecule has 0 unspecified atom stereocenters. The number of nitrogens with zero attached hydrogens (tertiary/aromatic N) is 2. The first-order valence-electron chi connectivity index (χ1n) is 9.71. The van der Waals surface area contributed by atoms with E-state index in [-0.39, 0.29) is 11.3 Å². The zero-order valence-corrected chi connectivity index (χ0v) is 19.0. The summed E-state index contributed by atoms with van der Waals surface area (Å²) in [4.78, 5) is 21.6. The minimum atomic E-state index is -0.111. The van der Waals surface area contributed by atoms with Crippen LogP contribution in [-0.2, 0) is 10.2 Å². The van der Waals surface area contributed by atoms with E-state index >= 15 is 0 Å². The molecule has 0 spiro atoms. The first-order chi connectivity index (χ1) is 14.3. The number of hydrogen-bond acceptors (Lipinski definition) is 5. The fourth-order valence-corrected chi connectivity index (χ4v) is 5.35. The second kappa shape index (κ2) is 8.20. The van der Waals surface area contributed by atoms with E-state index in [0.29, 0.717) is 5.13 Å². The van der Waals surface area contributed by atoms with Crippen molar-refractivity contribution in [3.63, 3.8) is 0 Å². The Kier molecular flexibility index (Phi) is 5.62. The number of fused-ring (bicyclic) bond motifs is 1. The number of pyridine rings is 1. The number of carbonyl (C=O) groups excluding carboxylic acids is 1. The lowest BCUT2D eigenvalue weighted by Gasteiger charge is -2.22. The van der Waals surface area contributed by atoms with Crippen LogP contribution in [0.2, 0.25) is 0 Å². The molecule has 0 aliphatic carbocycles. The van der Waals surface area contributed by atoms with Crippen molar-refractivity contribution >= 4 is 44.4 Å². The summed E-state index contributed by atoms with van der Waals surface area (Å²) in [5.74, 6) is -0.111. The molecule has 6 heteroatoms. The van der Waals surface area contributed by atoms with E-state index in [0.717, 1.165) is 26.4 Å².